The second-order valence-corrected chi connectivity index (χ2v) is 7.61. The fraction of sp³-hybridized carbons (Fsp3) is 0.800. The van der Waals surface area contributed by atoms with Gasteiger partial charge in [0.15, 0.2) is 0 Å². The Labute approximate surface area is 136 Å². The van der Waals surface area contributed by atoms with E-state index in [4.69, 9.17) is 11.6 Å². The van der Waals surface area contributed by atoms with Crippen LogP contribution in [0.3, 0.4) is 0 Å². The number of piperazine rings is 1. The first-order valence-corrected chi connectivity index (χ1v) is 9.04. The molecule has 0 amide bonds. The second-order valence-electron chi connectivity index (χ2n) is 6.40. The van der Waals surface area contributed by atoms with Crippen molar-refractivity contribution in [1.82, 2.24) is 14.8 Å². The zero-order valence-electron chi connectivity index (χ0n) is 13.0. The molecule has 1 fully saturated rings. The Balaban J connectivity index is 1.62. The van der Waals surface area contributed by atoms with Crippen molar-refractivity contribution >= 4 is 22.9 Å². The van der Waals surface area contributed by atoms with E-state index in [-0.39, 0.29) is 0 Å². The van der Waals surface area contributed by atoms with Crippen LogP contribution in [0.5, 0.6) is 0 Å². The lowest BCUT2D eigenvalue weighted by molar-refractivity contribution is 0.0177. The van der Waals surface area contributed by atoms with E-state index in [1.165, 1.54) is 5.01 Å². The van der Waals surface area contributed by atoms with Crippen LogP contribution >= 0.6 is 22.9 Å². The highest BCUT2D eigenvalue weighted by molar-refractivity contribution is 7.09. The molecule has 0 aromatic carbocycles. The predicted molar refractivity (Wildman–Crippen MR) is 89.2 cm³/mol. The van der Waals surface area contributed by atoms with Crippen molar-refractivity contribution in [2.24, 2.45) is 0 Å². The number of hydrogen-bond acceptors (Lipinski definition) is 5. The average molecular weight is 332 g/mol. The maximum Gasteiger partial charge on any atom is 0.0929 e. The Morgan fingerprint density at radius 3 is 2.52 bits per heavy atom. The van der Waals surface area contributed by atoms with Crippen LogP contribution in [0.2, 0.25) is 0 Å². The quantitative estimate of drug-likeness (QED) is 0.778. The molecule has 1 aliphatic heterocycles. The fourth-order valence-corrected chi connectivity index (χ4v) is 3.77. The molecule has 0 spiro atoms. The molecule has 2 heterocycles. The van der Waals surface area contributed by atoms with Crippen LogP contribution in [-0.4, -0.2) is 64.8 Å². The first-order valence-electron chi connectivity index (χ1n) is 7.62. The minimum absolute atomic E-state index is 0.514. The van der Waals surface area contributed by atoms with Crippen molar-refractivity contribution < 1.29 is 5.11 Å². The van der Waals surface area contributed by atoms with E-state index < -0.39 is 5.60 Å². The first kappa shape index (κ1) is 17.2. The van der Waals surface area contributed by atoms with Crippen LogP contribution < -0.4 is 0 Å². The number of aromatic nitrogens is 1. The Morgan fingerprint density at radius 2 is 1.95 bits per heavy atom. The van der Waals surface area contributed by atoms with Crippen molar-refractivity contribution in [2.45, 2.75) is 38.2 Å². The monoisotopic (exact) mass is 331 g/mol. The van der Waals surface area contributed by atoms with Crippen molar-refractivity contribution in [3.8, 4) is 0 Å². The molecule has 1 N–H and O–H groups in total. The van der Waals surface area contributed by atoms with Gasteiger partial charge in [-0.15, -0.1) is 22.9 Å². The Hall–Kier alpha value is -0.200. The van der Waals surface area contributed by atoms with E-state index in [9.17, 15) is 5.11 Å². The topological polar surface area (TPSA) is 39.6 Å². The molecule has 6 heteroatoms. The van der Waals surface area contributed by atoms with Crippen LogP contribution in [-0.2, 0) is 12.3 Å². The summed E-state index contributed by atoms with van der Waals surface area (Å²) in [6, 6.07) is 0. The van der Waals surface area contributed by atoms with E-state index in [0.717, 1.165) is 57.8 Å². The summed E-state index contributed by atoms with van der Waals surface area (Å²) >= 11 is 7.49. The van der Waals surface area contributed by atoms with Crippen molar-refractivity contribution in [2.75, 3.05) is 39.3 Å². The number of nitrogens with zero attached hydrogens (tertiary/aromatic N) is 3. The van der Waals surface area contributed by atoms with Gasteiger partial charge in [-0.1, -0.05) is 0 Å². The molecule has 1 saturated heterocycles. The van der Waals surface area contributed by atoms with Gasteiger partial charge in [0.1, 0.15) is 0 Å². The summed E-state index contributed by atoms with van der Waals surface area (Å²) in [6.45, 7) is 9.95. The SMILES string of the molecule is CC(C)(O)CN1CCN(CCCc2nc(CCl)cs2)CC1. The van der Waals surface area contributed by atoms with Crippen molar-refractivity contribution in [1.29, 1.82) is 0 Å². The standard InChI is InChI=1S/C15H26ClN3OS/c1-15(2,20)12-19-8-6-18(7-9-19)5-3-4-14-17-13(10-16)11-21-14/h11,20H,3-10,12H2,1-2H3. The molecule has 0 bridgehead atoms. The van der Waals surface area contributed by atoms with Gasteiger partial charge in [0, 0.05) is 44.5 Å². The Kier molecular flexibility index (Phi) is 6.44. The average Bonchev–Trinajstić information content (AvgIpc) is 2.87. The summed E-state index contributed by atoms with van der Waals surface area (Å²) in [5.74, 6) is 0.514. The second kappa shape index (κ2) is 7.88. The predicted octanol–water partition coefficient (Wildman–Crippen LogP) is 2.20. The van der Waals surface area contributed by atoms with Gasteiger partial charge in [-0.3, -0.25) is 4.90 Å². The molecule has 1 aromatic rings. The van der Waals surface area contributed by atoms with Crippen LogP contribution in [0.15, 0.2) is 5.38 Å². The third-order valence-electron chi connectivity index (χ3n) is 3.68. The molecule has 1 aromatic heterocycles. The number of rotatable bonds is 7. The molecule has 0 radical (unpaired) electrons. The lowest BCUT2D eigenvalue weighted by Gasteiger charge is -2.37. The van der Waals surface area contributed by atoms with Crippen molar-refractivity contribution in [3.63, 3.8) is 0 Å². The van der Waals surface area contributed by atoms with Gasteiger partial charge in [-0.05, 0) is 26.8 Å². The Morgan fingerprint density at radius 1 is 1.29 bits per heavy atom. The number of hydrogen-bond donors (Lipinski definition) is 1. The number of aryl methyl sites for hydroxylation is 1. The van der Waals surface area contributed by atoms with E-state index >= 15 is 0 Å². The van der Waals surface area contributed by atoms with Gasteiger partial charge < -0.3 is 10.0 Å². The third-order valence-corrected chi connectivity index (χ3v) is 4.91. The Bertz CT molecular complexity index is 425. The molecular formula is C15H26ClN3OS. The van der Waals surface area contributed by atoms with E-state index in [2.05, 4.69) is 20.2 Å². The lowest BCUT2D eigenvalue weighted by atomic mass is 10.1. The zero-order valence-corrected chi connectivity index (χ0v) is 14.6. The molecule has 0 unspecified atom stereocenters. The molecule has 1 aliphatic rings. The van der Waals surface area contributed by atoms with Crippen LogP contribution in [0.25, 0.3) is 0 Å². The molecule has 0 saturated carbocycles. The highest BCUT2D eigenvalue weighted by Crippen LogP contribution is 2.14. The number of thiazole rings is 1. The van der Waals surface area contributed by atoms with Gasteiger partial charge in [0.2, 0.25) is 0 Å². The smallest absolute Gasteiger partial charge is 0.0929 e. The molecule has 120 valence electrons. The highest BCUT2D eigenvalue weighted by Gasteiger charge is 2.22. The largest absolute Gasteiger partial charge is 0.389 e. The molecule has 0 aliphatic carbocycles. The van der Waals surface area contributed by atoms with Crippen LogP contribution in [0.4, 0.5) is 0 Å². The summed E-state index contributed by atoms with van der Waals surface area (Å²) in [5, 5.41) is 13.1. The number of aliphatic hydroxyl groups is 1. The van der Waals surface area contributed by atoms with E-state index in [1.807, 2.05) is 13.8 Å². The van der Waals surface area contributed by atoms with Gasteiger partial charge in [-0.25, -0.2) is 4.98 Å². The fourth-order valence-electron chi connectivity index (χ4n) is 2.70. The number of alkyl halides is 1. The summed E-state index contributed by atoms with van der Waals surface area (Å²) in [5.41, 5.74) is 0.407. The van der Waals surface area contributed by atoms with Crippen LogP contribution in [0, 0.1) is 0 Å². The maximum absolute atomic E-state index is 9.86. The zero-order chi connectivity index (χ0) is 15.3. The maximum atomic E-state index is 9.86. The first-order chi connectivity index (χ1) is 9.96. The van der Waals surface area contributed by atoms with Gasteiger partial charge in [0.05, 0.1) is 22.2 Å². The summed E-state index contributed by atoms with van der Waals surface area (Å²) < 4.78 is 0. The minimum Gasteiger partial charge on any atom is -0.389 e. The minimum atomic E-state index is -0.590. The summed E-state index contributed by atoms with van der Waals surface area (Å²) in [7, 11) is 0. The molecule has 2 rings (SSSR count). The number of halogens is 1. The van der Waals surface area contributed by atoms with Gasteiger partial charge in [0.25, 0.3) is 0 Å². The third kappa shape index (κ3) is 6.20. The molecule has 0 atom stereocenters. The molecule has 21 heavy (non-hydrogen) atoms. The molecule has 4 nitrogen and oxygen atoms in total. The summed E-state index contributed by atoms with van der Waals surface area (Å²) in [6.07, 6.45) is 2.20. The van der Waals surface area contributed by atoms with E-state index in [0.29, 0.717) is 5.88 Å². The normalized spacial score (nSPS) is 18.3. The molecular weight excluding hydrogens is 306 g/mol. The van der Waals surface area contributed by atoms with Crippen LogP contribution in [0.1, 0.15) is 31.0 Å². The lowest BCUT2D eigenvalue weighted by Crippen LogP contribution is -2.50. The summed E-state index contributed by atoms with van der Waals surface area (Å²) in [4.78, 5) is 9.36. The highest BCUT2D eigenvalue weighted by atomic mass is 35.5. The van der Waals surface area contributed by atoms with Gasteiger partial charge in [-0.2, -0.15) is 0 Å². The van der Waals surface area contributed by atoms with E-state index in [1.54, 1.807) is 11.3 Å². The number of β-amino-alcohol motifs (C(OH)–C–C–N with tert-alkyl or cyclic N) is 1. The van der Waals surface area contributed by atoms with Crippen molar-refractivity contribution in [3.05, 3.63) is 16.1 Å². The van der Waals surface area contributed by atoms with Gasteiger partial charge >= 0.3 is 0 Å².